The molecule has 2 aromatic carbocycles. The summed E-state index contributed by atoms with van der Waals surface area (Å²) in [5.74, 6) is -0.931. The van der Waals surface area contributed by atoms with E-state index >= 15 is 0 Å². The number of anilines is 1. The standard InChI is InChI=1S/C18H19F4NO3S/c1-12(2)23(27(25,26)16-7-5-4-6-15(16)19)14-10-8-13(9-11-14)17(3,24)18(20,21)22/h4-12,24H,1-3H3. The summed E-state index contributed by atoms with van der Waals surface area (Å²) in [7, 11) is -4.29. The Labute approximate surface area is 155 Å². The number of alkyl halides is 3. The van der Waals surface area contributed by atoms with Crippen LogP contribution < -0.4 is 4.31 Å². The van der Waals surface area contributed by atoms with Gasteiger partial charge in [0.1, 0.15) is 10.7 Å². The number of hydrogen-bond acceptors (Lipinski definition) is 3. The number of rotatable bonds is 5. The van der Waals surface area contributed by atoms with Crippen LogP contribution in [-0.4, -0.2) is 25.7 Å². The Morgan fingerprint density at radius 3 is 1.96 bits per heavy atom. The second kappa shape index (κ2) is 7.12. The van der Waals surface area contributed by atoms with Gasteiger partial charge in [0.15, 0.2) is 5.60 Å². The van der Waals surface area contributed by atoms with E-state index in [9.17, 15) is 31.1 Å². The monoisotopic (exact) mass is 405 g/mol. The van der Waals surface area contributed by atoms with Crippen LogP contribution in [0.3, 0.4) is 0 Å². The van der Waals surface area contributed by atoms with E-state index in [4.69, 9.17) is 0 Å². The molecule has 0 saturated heterocycles. The molecule has 27 heavy (non-hydrogen) atoms. The van der Waals surface area contributed by atoms with Gasteiger partial charge in [0.25, 0.3) is 10.0 Å². The van der Waals surface area contributed by atoms with E-state index in [0.717, 1.165) is 40.7 Å². The summed E-state index contributed by atoms with van der Waals surface area (Å²) in [6.45, 7) is 3.72. The highest BCUT2D eigenvalue weighted by Crippen LogP contribution is 2.39. The van der Waals surface area contributed by atoms with Gasteiger partial charge in [-0.2, -0.15) is 13.2 Å². The van der Waals surface area contributed by atoms with Crippen molar-refractivity contribution in [1.29, 1.82) is 0 Å². The van der Waals surface area contributed by atoms with Crippen molar-refractivity contribution in [2.75, 3.05) is 4.31 Å². The van der Waals surface area contributed by atoms with Crippen LogP contribution in [0.25, 0.3) is 0 Å². The Balaban J connectivity index is 2.52. The van der Waals surface area contributed by atoms with Gasteiger partial charge in [-0.1, -0.05) is 24.3 Å². The van der Waals surface area contributed by atoms with Crippen molar-refractivity contribution in [3.05, 3.63) is 59.9 Å². The maximum Gasteiger partial charge on any atom is 0.421 e. The van der Waals surface area contributed by atoms with Gasteiger partial charge in [-0.25, -0.2) is 12.8 Å². The molecule has 0 fully saturated rings. The Kier molecular flexibility index (Phi) is 5.58. The van der Waals surface area contributed by atoms with Gasteiger partial charge < -0.3 is 5.11 Å². The summed E-state index contributed by atoms with van der Waals surface area (Å²) in [4.78, 5) is -0.537. The maximum atomic E-state index is 14.0. The van der Waals surface area contributed by atoms with E-state index in [1.165, 1.54) is 12.1 Å². The largest absolute Gasteiger partial charge is 0.421 e. The average molecular weight is 405 g/mol. The van der Waals surface area contributed by atoms with Crippen LogP contribution in [0.5, 0.6) is 0 Å². The molecule has 0 aromatic heterocycles. The van der Waals surface area contributed by atoms with Gasteiger partial charge in [0.2, 0.25) is 0 Å². The number of benzene rings is 2. The minimum Gasteiger partial charge on any atom is -0.376 e. The summed E-state index contributed by atoms with van der Waals surface area (Å²) in [5.41, 5.74) is -3.47. The third-order valence-electron chi connectivity index (χ3n) is 4.08. The van der Waals surface area contributed by atoms with Crippen molar-refractivity contribution in [2.24, 2.45) is 0 Å². The molecule has 4 nitrogen and oxygen atoms in total. The first-order valence-electron chi connectivity index (χ1n) is 7.98. The molecule has 1 unspecified atom stereocenters. The van der Waals surface area contributed by atoms with Crippen LogP contribution >= 0.6 is 0 Å². The van der Waals surface area contributed by atoms with Crippen molar-refractivity contribution in [3.8, 4) is 0 Å². The van der Waals surface area contributed by atoms with Gasteiger partial charge in [0.05, 0.1) is 5.69 Å². The summed E-state index contributed by atoms with van der Waals surface area (Å²) in [6.07, 6.45) is -4.90. The number of halogens is 4. The first-order chi connectivity index (χ1) is 12.3. The summed E-state index contributed by atoms with van der Waals surface area (Å²) >= 11 is 0. The molecule has 0 radical (unpaired) electrons. The molecular formula is C18H19F4NO3S. The summed E-state index contributed by atoms with van der Waals surface area (Å²) in [5, 5.41) is 9.73. The average Bonchev–Trinajstić information content (AvgIpc) is 2.54. The van der Waals surface area contributed by atoms with Gasteiger partial charge in [0, 0.05) is 6.04 Å². The Morgan fingerprint density at radius 1 is 1.00 bits per heavy atom. The molecule has 0 aliphatic rings. The van der Waals surface area contributed by atoms with E-state index in [-0.39, 0.29) is 5.69 Å². The smallest absolute Gasteiger partial charge is 0.376 e. The number of nitrogens with zero attached hydrogens (tertiary/aromatic N) is 1. The minimum atomic E-state index is -4.90. The second-order valence-electron chi connectivity index (χ2n) is 6.44. The summed E-state index contributed by atoms with van der Waals surface area (Å²) < 4.78 is 79.6. The fourth-order valence-electron chi connectivity index (χ4n) is 2.57. The van der Waals surface area contributed by atoms with Crippen LogP contribution in [0.1, 0.15) is 26.3 Å². The lowest BCUT2D eigenvalue weighted by molar-refractivity contribution is -0.258. The Morgan fingerprint density at radius 2 is 1.52 bits per heavy atom. The normalized spacial score (nSPS) is 14.9. The first kappa shape index (κ1) is 21.2. The molecule has 1 atom stereocenters. The Bertz CT molecular complexity index is 907. The fourth-order valence-corrected chi connectivity index (χ4v) is 4.30. The van der Waals surface area contributed by atoms with Crippen LogP contribution in [-0.2, 0) is 15.6 Å². The lowest BCUT2D eigenvalue weighted by Crippen LogP contribution is -2.39. The molecule has 0 aliphatic carbocycles. The van der Waals surface area contributed by atoms with Gasteiger partial charge >= 0.3 is 6.18 Å². The van der Waals surface area contributed by atoms with Crippen LogP contribution in [0.4, 0.5) is 23.2 Å². The first-order valence-corrected chi connectivity index (χ1v) is 9.42. The second-order valence-corrected chi connectivity index (χ2v) is 8.23. The molecule has 0 amide bonds. The third-order valence-corrected chi connectivity index (χ3v) is 6.12. The molecule has 0 aliphatic heterocycles. The predicted molar refractivity (Wildman–Crippen MR) is 93.3 cm³/mol. The van der Waals surface area contributed by atoms with E-state index in [0.29, 0.717) is 6.92 Å². The molecule has 0 spiro atoms. The van der Waals surface area contributed by atoms with E-state index in [2.05, 4.69) is 0 Å². The predicted octanol–water partition coefficient (Wildman–Crippen LogP) is 4.20. The molecule has 148 valence electrons. The molecule has 2 rings (SSSR count). The minimum absolute atomic E-state index is 0.0509. The van der Waals surface area contributed by atoms with Crippen molar-refractivity contribution in [1.82, 2.24) is 0 Å². The highest BCUT2D eigenvalue weighted by Gasteiger charge is 2.51. The third kappa shape index (κ3) is 3.93. The molecule has 0 heterocycles. The van der Waals surface area contributed by atoms with Gasteiger partial charge in [-0.05, 0) is 50.6 Å². The van der Waals surface area contributed by atoms with E-state index in [1.54, 1.807) is 13.8 Å². The zero-order valence-corrected chi connectivity index (χ0v) is 15.6. The van der Waals surface area contributed by atoms with Gasteiger partial charge in [-0.15, -0.1) is 0 Å². The zero-order chi connectivity index (χ0) is 20.6. The van der Waals surface area contributed by atoms with Crippen molar-refractivity contribution < 1.29 is 31.1 Å². The zero-order valence-electron chi connectivity index (χ0n) is 14.8. The van der Waals surface area contributed by atoms with E-state index < -0.39 is 44.1 Å². The number of hydrogen-bond donors (Lipinski definition) is 1. The van der Waals surface area contributed by atoms with Crippen LogP contribution in [0.2, 0.25) is 0 Å². The molecular weight excluding hydrogens is 386 g/mol. The highest BCUT2D eigenvalue weighted by molar-refractivity contribution is 7.92. The lowest BCUT2D eigenvalue weighted by Gasteiger charge is -2.30. The highest BCUT2D eigenvalue weighted by atomic mass is 32.2. The van der Waals surface area contributed by atoms with Crippen molar-refractivity contribution in [3.63, 3.8) is 0 Å². The van der Waals surface area contributed by atoms with Gasteiger partial charge in [-0.3, -0.25) is 4.31 Å². The molecule has 2 aromatic rings. The maximum absolute atomic E-state index is 14.0. The Hall–Kier alpha value is -2.13. The summed E-state index contributed by atoms with van der Waals surface area (Å²) in [6, 6.07) is 8.49. The molecule has 1 N–H and O–H groups in total. The molecule has 0 saturated carbocycles. The van der Waals surface area contributed by atoms with E-state index in [1.807, 2.05) is 0 Å². The number of sulfonamides is 1. The van der Waals surface area contributed by atoms with Crippen molar-refractivity contribution >= 4 is 15.7 Å². The fraction of sp³-hybridized carbons (Fsp3) is 0.333. The van der Waals surface area contributed by atoms with Crippen molar-refractivity contribution in [2.45, 2.75) is 43.5 Å². The SMILES string of the molecule is CC(C)N(c1ccc(C(C)(O)C(F)(F)F)cc1)S(=O)(=O)c1ccccc1F. The lowest BCUT2D eigenvalue weighted by atomic mass is 9.95. The number of aliphatic hydroxyl groups is 1. The molecule has 0 bridgehead atoms. The van der Waals surface area contributed by atoms with Crippen LogP contribution in [0.15, 0.2) is 53.4 Å². The molecule has 9 heteroatoms. The quantitative estimate of drug-likeness (QED) is 0.759. The topological polar surface area (TPSA) is 57.6 Å². The van der Waals surface area contributed by atoms with Crippen LogP contribution in [0, 0.1) is 5.82 Å².